The van der Waals surface area contributed by atoms with E-state index in [9.17, 15) is 23.1 Å². The molecule has 140 valence electrons. The molecular formula is C17H22F3NO4. The number of rotatable bonds is 6. The molecule has 1 heterocycles. The van der Waals surface area contributed by atoms with Crippen LogP contribution in [0.2, 0.25) is 0 Å². The maximum atomic E-state index is 12.6. The fourth-order valence-electron chi connectivity index (χ4n) is 2.58. The van der Waals surface area contributed by atoms with E-state index in [4.69, 9.17) is 9.47 Å². The molecule has 1 aromatic rings. The Labute approximate surface area is 144 Å². The quantitative estimate of drug-likeness (QED) is 0.818. The molecule has 1 aromatic carbocycles. The van der Waals surface area contributed by atoms with Gasteiger partial charge in [0.05, 0.1) is 13.0 Å². The Hall–Kier alpha value is -1.96. The number of ether oxygens (including phenoxy) is 2. The van der Waals surface area contributed by atoms with Crippen molar-refractivity contribution in [3.63, 3.8) is 0 Å². The van der Waals surface area contributed by atoms with E-state index in [1.54, 1.807) is 6.07 Å². The van der Waals surface area contributed by atoms with Crippen LogP contribution in [-0.2, 0) is 17.8 Å². The van der Waals surface area contributed by atoms with E-state index in [0.29, 0.717) is 30.6 Å². The van der Waals surface area contributed by atoms with Crippen LogP contribution in [0.5, 0.6) is 11.5 Å². The highest BCUT2D eigenvalue weighted by Crippen LogP contribution is 2.35. The van der Waals surface area contributed by atoms with Crippen LogP contribution < -0.4 is 14.8 Å². The fraction of sp³-hybridized carbons (Fsp3) is 0.588. The van der Waals surface area contributed by atoms with Crippen LogP contribution in [0.15, 0.2) is 12.1 Å². The first-order valence-corrected chi connectivity index (χ1v) is 8.04. The van der Waals surface area contributed by atoms with Gasteiger partial charge in [-0.2, -0.15) is 13.2 Å². The summed E-state index contributed by atoms with van der Waals surface area (Å²) < 4.78 is 49.1. The van der Waals surface area contributed by atoms with Gasteiger partial charge < -0.3 is 19.9 Å². The number of fused-ring (bicyclic) bond motifs is 1. The maximum Gasteiger partial charge on any atom is 0.417 e. The van der Waals surface area contributed by atoms with E-state index in [2.05, 4.69) is 5.32 Å². The zero-order valence-electron chi connectivity index (χ0n) is 14.4. The first kappa shape index (κ1) is 19.4. The summed E-state index contributed by atoms with van der Waals surface area (Å²) in [7, 11) is 0. The van der Waals surface area contributed by atoms with Gasteiger partial charge in [-0.3, -0.25) is 4.79 Å². The second kappa shape index (κ2) is 7.11. The topological polar surface area (TPSA) is 67.8 Å². The molecule has 0 spiro atoms. The zero-order valence-corrected chi connectivity index (χ0v) is 14.4. The summed E-state index contributed by atoms with van der Waals surface area (Å²) in [5, 5.41) is 11.8. The zero-order chi connectivity index (χ0) is 18.8. The van der Waals surface area contributed by atoms with Crippen molar-refractivity contribution in [2.45, 2.75) is 58.0 Å². The van der Waals surface area contributed by atoms with Gasteiger partial charge in [-0.15, -0.1) is 0 Å². The molecule has 2 rings (SSSR count). The number of carbonyl (C=O) groups excluding carboxylic acids is 1. The Kier molecular flexibility index (Phi) is 5.51. The number of hydrogen-bond acceptors (Lipinski definition) is 4. The average molecular weight is 361 g/mol. The third-order valence-corrected chi connectivity index (χ3v) is 3.97. The summed E-state index contributed by atoms with van der Waals surface area (Å²) in [5.74, 6) is 0.337. The van der Waals surface area contributed by atoms with Crippen LogP contribution in [0.4, 0.5) is 13.2 Å². The Morgan fingerprint density at radius 2 is 2.12 bits per heavy atom. The Balaban J connectivity index is 2.07. The minimum atomic E-state index is -4.88. The predicted octanol–water partition coefficient (Wildman–Crippen LogP) is 2.73. The van der Waals surface area contributed by atoms with Crippen LogP contribution in [0.3, 0.4) is 0 Å². The molecule has 0 fully saturated rings. The summed E-state index contributed by atoms with van der Waals surface area (Å²) in [4.78, 5) is 11.8. The van der Waals surface area contributed by atoms with E-state index < -0.39 is 24.1 Å². The molecule has 0 saturated carbocycles. The van der Waals surface area contributed by atoms with Crippen molar-refractivity contribution >= 4 is 5.91 Å². The van der Waals surface area contributed by atoms with E-state index >= 15 is 0 Å². The van der Waals surface area contributed by atoms with Gasteiger partial charge in [-0.05, 0) is 32.9 Å². The maximum absolute atomic E-state index is 12.6. The minimum Gasteiger partial charge on any atom is -0.494 e. The number of nitrogens with one attached hydrogen (secondary N) is 1. The van der Waals surface area contributed by atoms with Crippen molar-refractivity contribution in [2.75, 3.05) is 6.61 Å². The smallest absolute Gasteiger partial charge is 0.417 e. The molecule has 1 amide bonds. The van der Waals surface area contributed by atoms with Crippen LogP contribution in [0.25, 0.3) is 0 Å². The molecular weight excluding hydrogens is 339 g/mol. The largest absolute Gasteiger partial charge is 0.494 e. The van der Waals surface area contributed by atoms with Gasteiger partial charge in [0, 0.05) is 24.1 Å². The van der Waals surface area contributed by atoms with Crippen molar-refractivity contribution < 1.29 is 32.5 Å². The highest BCUT2D eigenvalue weighted by molar-refractivity contribution is 5.77. The monoisotopic (exact) mass is 361 g/mol. The summed E-state index contributed by atoms with van der Waals surface area (Å²) in [5.41, 5.74) is -1.48. The van der Waals surface area contributed by atoms with E-state index in [1.165, 1.54) is 0 Å². The number of alkyl halides is 3. The van der Waals surface area contributed by atoms with Crippen molar-refractivity contribution in [3.8, 4) is 11.5 Å². The lowest BCUT2D eigenvalue weighted by atomic mass is 10.0. The van der Waals surface area contributed by atoms with Crippen molar-refractivity contribution in [1.82, 2.24) is 5.32 Å². The number of halogens is 3. The van der Waals surface area contributed by atoms with Gasteiger partial charge in [0.2, 0.25) is 5.91 Å². The van der Waals surface area contributed by atoms with E-state index in [0.717, 1.165) is 12.0 Å². The standard InChI is InChI=1S/C17H22F3NO4/c1-4-24-13-6-11-5-10(2)25-14(11)7-12(13)9-21-15(22)8-16(3,23)17(18,19)20/h6-7,10,23H,4-5,8-9H2,1-3H3,(H,21,22)/t10-,16+/m1/s1. The molecule has 1 aliphatic rings. The van der Waals surface area contributed by atoms with Gasteiger partial charge in [0.25, 0.3) is 0 Å². The van der Waals surface area contributed by atoms with Gasteiger partial charge in [-0.25, -0.2) is 0 Å². The number of hydrogen-bond donors (Lipinski definition) is 2. The molecule has 0 unspecified atom stereocenters. The second-order valence-corrected chi connectivity index (χ2v) is 6.36. The molecule has 8 heteroatoms. The molecule has 0 aromatic heterocycles. The van der Waals surface area contributed by atoms with Gasteiger partial charge >= 0.3 is 6.18 Å². The molecule has 0 bridgehead atoms. The Morgan fingerprint density at radius 1 is 1.44 bits per heavy atom. The van der Waals surface area contributed by atoms with E-state index in [1.807, 2.05) is 19.9 Å². The molecule has 1 aliphatic heterocycles. The predicted molar refractivity (Wildman–Crippen MR) is 84.5 cm³/mol. The van der Waals surface area contributed by atoms with Crippen LogP contribution in [0, 0.1) is 0 Å². The van der Waals surface area contributed by atoms with Crippen LogP contribution in [0.1, 0.15) is 38.3 Å². The van der Waals surface area contributed by atoms with Crippen molar-refractivity contribution in [2.24, 2.45) is 0 Å². The number of amides is 1. The SMILES string of the molecule is CCOc1cc2c(cc1CNC(=O)C[C@](C)(O)C(F)(F)F)O[C@H](C)C2. The number of benzene rings is 1. The summed E-state index contributed by atoms with van der Waals surface area (Å²) in [6.45, 7) is 4.71. The number of carbonyl (C=O) groups is 1. The van der Waals surface area contributed by atoms with Gasteiger partial charge in [0.1, 0.15) is 17.6 Å². The molecule has 5 nitrogen and oxygen atoms in total. The van der Waals surface area contributed by atoms with Crippen LogP contribution >= 0.6 is 0 Å². The molecule has 0 saturated heterocycles. The minimum absolute atomic E-state index is 0.0207. The van der Waals surface area contributed by atoms with E-state index in [-0.39, 0.29) is 12.6 Å². The lowest BCUT2D eigenvalue weighted by Crippen LogP contribution is -2.46. The Bertz CT molecular complexity index is 644. The molecule has 2 N–H and O–H groups in total. The highest BCUT2D eigenvalue weighted by atomic mass is 19.4. The number of aliphatic hydroxyl groups is 1. The van der Waals surface area contributed by atoms with Gasteiger partial charge in [0.15, 0.2) is 5.60 Å². The molecule has 2 atom stereocenters. The Morgan fingerprint density at radius 3 is 2.72 bits per heavy atom. The fourth-order valence-corrected chi connectivity index (χ4v) is 2.58. The van der Waals surface area contributed by atoms with Crippen LogP contribution in [-0.4, -0.2) is 35.5 Å². The van der Waals surface area contributed by atoms with Crippen molar-refractivity contribution in [1.29, 1.82) is 0 Å². The molecule has 0 aliphatic carbocycles. The van der Waals surface area contributed by atoms with Gasteiger partial charge in [-0.1, -0.05) is 0 Å². The lowest BCUT2D eigenvalue weighted by molar-refractivity contribution is -0.253. The average Bonchev–Trinajstić information content (AvgIpc) is 2.82. The molecule has 25 heavy (non-hydrogen) atoms. The summed E-state index contributed by atoms with van der Waals surface area (Å²) in [6, 6.07) is 3.56. The normalized spacial score (nSPS) is 18.9. The highest BCUT2D eigenvalue weighted by Gasteiger charge is 2.50. The van der Waals surface area contributed by atoms with Crippen molar-refractivity contribution in [3.05, 3.63) is 23.3 Å². The lowest BCUT2D eigenvalue weighted by Gasteiger charge is -2.25. The first-order chi connectivity index (χ1) is 11.5. The summed E-state index contributed by atoms with van der Waals surface area (Å²) in [6.07, 6.45) is -5.16. The third kappa shape index (κ3) is 4.56. The molecule has 0 radical (unpaired) electrons. The second-order valence-electron chi connectivity index (χ2n) is 6.36. The third-order valence-electron chi connectivity index (χ3n) is 3.97. The first-order valence-electron chi connectivity index (χ1n) is 8.04. The summed E-state index contributed by atoms with van der Waals surface area (Å²) >= 11 is 0.